The number of rotatable bonds is 7. The molecule has 3 aromatic carbocycles. The van der Waals surface area contributed by atoms with Gasteiger partial charge in [-0.25, -0.2) is 16.8 Å². The maximum Gasteiger partial charge on any atom is 0.241 e. The average molecular weight is 527 g/mol. The summed E-state index contributed by atoms with van der Waals surface area (Å²) < 4.78 is 54.2. The van der Waals surface area contributed by atoms with Gasteiger partial charge in [0, 0.05) is 26.2 Å². The van der Waals surface area contributed by atoms with Gasteiger partial charge in [0.15, 0.2) is 0 Å². The van der Waals surface area contributed by atoms with Gasteiger partial charge in [-0.15, -0.1) is 0 Å². The number of carbonyl (C=O) groups excluding carboxylic acids is 1. The van der Waals surface area contributed by atoms with Crippen LogP contribution >= 0.6 is 0 Å². The van der Waals surface area contributed by atoms with Crippen LogP contribution < -0.4 is 4.72 Å². The molecule has 1 amide bonds. The molecule has 36 heavy (non-hydrogen) atoms. The van der Waals surface area contributed by atoms with Crippen molar-refractivity contribution in [3.63, 3.8) is 0 Å². The van der Waals surface area contributed by atoms with Crippen molar-refractivity contribution in [1.29, 1.82) is 5.26 Å². The summed E-state index contributed by atoms with van der Waals surface area (Å²) in [4.78, 5) is 15.0. The zero-order valence-corrected chi connectivity index (χ0v) is 21.3. The van der Waals surface area contributed by atoms with Crippen LogP contribution in [-0.2, 0) is 31.3 Å². The van der Waals surface area contributed by atoms with Crippen LogP contribution in [0.15, 0.2) is 71.6 Å². The van der Waals surface area contributed by atoms with Crippen molar-refractivity contribution < 1.29 is 21.6 Å². The second kappa shape index (κ2) is 10.4. The van der Waals surface area contributed by atoms with E-state index in [4.69, 9.17) is 0 Å². The minimum absolute atomic E-state index is 0.0340. The van der Waals surface area contributed by atoms with E-state index in [0.29, 0.717) is 11.1 Å². The maximum absolute atomic E-state index is 13.5. The van der Waals surface area contributed by atoms with Gasteiger partial charge in [-0.05, 0) is 47.0 Å². The van der Waals surface area contributed by atoms with Crippen molar-refractivity contribution in [1.82, 2.24) is 13.9 Å². The van der Waals surface area contributed by atoms with Gasteiger partial charge in [0.1, 0.15) is 6.04 Å². The third-order valence-corrected chi connectivity index (χ3v) is 8.91. The summed E-state index contributed by atoms with van der Waals surface area (Å²) in [6.45, 7) is 0.577. The maximum atomic E-state index is 13.5. The lowest BCUT2D eigenvalue weighted by Crippen LogP contribution is -2.56. The molecule has 1 atom stereocenters. The number of sulfonamides is 2. The number of nitriles is 1. The highest BCUT2D eigenvalue weighted by molar-refractivity contribution is 7.89. The van der Waals surface area contributed by atoms with Crippen LogP contribution in [0, 0.1) is 11.3 Å². The fourth-order valence-electron chi connectivity index (χ4n) is 4.23. The number of piperazine rings is 1. The zero-order chi connectivity index (χ0) is 25.9. The molecule has 1 aliphatic heterocycles. The third kappa shape index (κ3) is 5.91. The van der Waals surface area contributed by atoms with Gasteiger partial charge >= 0.3 is 0 Å². The van der Waals surface area contributed by atoms with E-state index in [1.54, 1.807) is 36.4 Å². The summed E-state index contributed by atoms with van der Waals surface area (Å²) in [7, 11) is -7.45. The van der Waals surface area contributed by atoms with Crippen LogP contribution in [0.2, 0.25) is 0 Å². The number of fused-ring (bicyclic) bond motifs is 1. The van der Waals surface area contributed by atoms with Crippen LogP contribution in [0.1, 0.15) is 11.1 Å². The molecule has 1 heterocycles. The topological polar surface area (TPSA) is 128 Å². The van der Waals surface area contributed by atoms with Gasteiger partial charge in [0.2, 0.25) is 26.0 Å². The molecule has 9 nitrogen and oxygen atoms in total. The van der Waals surface area contributed by atoms with Crippen LogP contribution in [0.4, 0.5) is 0 Å². The van der Waals surface area contributed by atoms with Crippen molar-refractivity contribution in [2.75, 3.05) is 32.4 Å². The standard InChI is InChI=1S/C25H26N4O5S2/c1-35(31,32)29-13-11-28(12-14-29)25(30)24(16-19-5-4-6-20(15-19)18-26)27-36(33,34)23-10-9-21-7-2-3-8-22(21)17-23/h2-10,15,17,24,27H,11-14,16H2,1H3/t24-/m0/s1. The van der Waals surface area contributed by atoms with Crippen molar-refractivity contribution in [3.05, 3.63) is 77.9 Å². The molecule has 0 aromatic heterocycles. The molecule has 3 aromatic rings. The van der Waals surface area contributed by atoms with Gasteiger partial charge in [0.25, 0.3) is 0 Å². The number of nitrogens with one attached hydrogen (secondary N) is 1. The molecule has 0 bridgehead atoms. The predicted octanol–water partition coefficient (Wildman–Crippen LogP) is 1.70. The summed E-state index contributed by atoms with van der Waals surface area (Å²) in [5, 5.41) is 10.9. The number of amides is 1. The molecule has 0 radical (unpaired) electrons. The summed E-state index contributed by atoms with van der Waals surface area (Å²) in [5.41, 5.74) is 1.03. The van der Waals surface area contributed by atoms with Crippen molar-refractivity contribution >= 4 is 36.7 Å². The Morgan fingerprint density at radius 3 is 2.31 bits per heavy atom. The van der Waals surface area contributed by atoms with Crippen LogP contribution in [-0.4, -0.2) is 70.4 Å². The summed E-state index contributed by atoms with van der Waals surface area (Å²) in [6.07, 6.45) is 1.15. The monoisotopic (exact) mass is 526 g/mol. The Labute approximate surface area is 211 Å². The van der Waals surface area contributed by atoms with E-state index in [-0.39, 0.29) is 37.5 Å². The van der Waals surface area contributed by atoms with E-state index in [1.165, 1.54) is 15.3 Å². The first kappa shape index (κ1) is 25.8. The number of benzene rings is 3. The number of nitrogens with zero attached hydrogens (tertiary/aromatic N) is 3. The highest BCUT2D eigenvalue weighted by atomic mass is 32.2. The fourth-order valence-corrected chi connectivity index (χ4v) is 6.28. The van der Waals surface area contributed by atoms with Gasteiger partial charge in [-0.3, -0.25) is 4.79 Å². The molecule has 1 N–H and O–H groups in total. The van der Waals surface area contributed by atoms with Gasteiger partial charge in [0.05, 0.1) is 22.8 Å². The average Bonchev–Trinajstić information content (AvgIpc) is 2.87. The first-order chi connectivity index (χ1) is 17.1. The van der Waals surface area contributed by atoms with Gasteiger partial charge < -0.3 is 4.90 Å². The summed E-state index contributed by atoms with van der Waals surface area (Å²) in [5.74, 6) is -0.449. The Morgan fingerprint density at radius 1 is 0.944 bits per heavy atom. The molecular formula is C25H26N4O5S2. The van der Waals surface area contributed by atoms with E-state index in [0.717, 1.165) is 17.0 Å². The summed E-state index contributed by atoms with van der Waals surface area (Å²) in [6, 6.07) is 19.7. The highest BCUT2D eigenvalue weighted by Gasteiger charge is 2.33. The van der Waals surface area contributed by atoms with Gasteiger partial charge in [-0.2, -0.15) is 14.3 Å². The van der Waals surface area contributed by atoms with E-state index >= 15 is 0 Å². The molecule has 0 spiro atoms. The largest absolute Gasteiger partial charge is 0.339 e. The summed E-state index contributed by atoms with van der Waals surface area (Å²) >= 11 is 0. The molecule has 1 fully saturated rings. The van der Waals surface area contributed by atoms with Crippen LogP contribution in [0.3, 0.4) is 0 Å². The molecule has 11 heteroatoms. The Hall–Kier alpha value is -3.30. The third-order valence-electron chi connectivity index (χ3n) is 6.14. The van der Waals surface area contributed by atoms with Gasteiger partial charge in [-0.1, -0.05) is 42.5 Å². The normalized spacial score (nSPS) is 15.9. The van der Waals surface area contributed by atoms with E-state index in [1.807, 2.05) is 30.3 Å². The molecule has 0 saturated carbocycles. The fraction of sp³-hybridized carbons (Fsp3) is 0.280. The SMILES string of the molecule is CS(=O)(=O)N1CCN(C(=O)[C@H](Cc2cccc(C#N)c2)NS(=O)(=O)c2ccc3ccccc3c2)CC1. The second-order valence-corrected chi connectivity index (χ2v) is 12.4. The molecule has 1 aliphatic rings. The lowest BCUT2D eigenvalue weighted by atomic mass is 10.0. The van der Waals surface area contributed by atoms with Crippen LogP contribution in [0.25, 0.3) is 10.8 Å². The quantitative estimate of drug-likeness (QED) is 0.499. The Morgan fingerprint density at radius 2 is 1.64 bits per heavy atom. The minimum atomic E-state index is -4.07. The molecule has 0 aliphatic carbocycles. The second-order valence-electron chi connectivity index (χ2n) is 8.69. The van der Waals surface area contributed by atoms with Crippen LogP contribution in [0.5, 0.6) is 0 Å². The Kier molecular flexibility index (Phi) is 7.42. The predicted molar refractivity (Wildman–Crippen MR) is 136 cm³/mol. The van der Waals surface area contributed by atoms with E-state index in [9.17, 15) is 26.9 Å². The number of hydrogen-bond acceptors (Lipinski definition) is 6. The first-order valence-electron chi connectivity index (χ1n) is 11.3. The number of hydrogen-bond donors (Lipinski definition) is 1. The first-order valence-corrected chi connectivity index (χ1v) is 14.6. The zero-order valence-electron chi connectivity index (χ0n) is 19.7. The van der Waals surface area contributed by atoms with Crippen molar-refractivity contribution in [2.45, 2.75) is 17.4 Å². The van der Waals surface area contributed by atoms with Crippen molar-refractivity contribution in [2.24, 2.45) is 0 Å². The van der Waals surface area contributed by atoms with Crippen molar-refractivity contribution in [3.8, 4) is 6.07 Å². The van der Waals surface area contributed by atoms with E-state index in [2.05, 4.69) is 4.72 Å². The molecule has 4 rings (SSSR count). The molecule has 0 unspecified atom stereocenters. The van der Waals surface area contributed by atoms with E-state index < -0.39 is 32.0 Å². The smallest absolute Gasteiger partial charge is 0.241 e. The molecular weight excluding hydrogens is 500 g/mol. The highest BCUT2D eigenvalue weighted by Crippen LogP contribution is 2.20. The lowest BCUT2D eigenvalue weighted by molar-refractivity contribution is -0.134. The minimum Gasteiger partial charge on any atom is -0.339 e. The lowest BCUT2D eigenvalue weighted by Gasteiger charge is -2.35. The Balaban J connectivity index is 1.61. The molecule has 188 valence electrons. The molecule has 1 saturated heterocycles. The Bertz CT molecular complexity index is 1540. The number of carbonyl (C=O) groups is 1.